The van der Waals surface area contributed by atoms with Crippen molar-refractivity contribution >= 4 is 5.96 Å². The lowest BCUT2D eigenvalue weighted by molar-refractivity contribution is -0.00165. The number of likely N-dealkylation sites (tertiary alicyclic amines) is 1. The zero-order valence-electron chi connectivity index (χ0n) is 17.4. The molecule has 2 fully saturated rings. The van der Waals surface area contributed by atoms with Gasteiger partial charge in [0.25, 0.3) is 0 Å². The third-order valence-corrected chi connectivity index (χ3v) is 6.94. The molecule has 1 atom stereocenters. The number of nitrogens with zero attached hydrogens (tertiary/aromatic N) is 5. The Hall–Kier alpha value is -1.67. The molecule has 156 valence electrons. The van der Waals surface area contributed by atoms with Crippen LogP contribution in [-0.2, 0) is 17.7 Å². The largest absolute Gasteiger partial charge is 0.381 e. The lowest BCUT2D eigenvalue weighted by Crippen LogP contribution is -2.58. The first kappa shape index (κ1) is 19.6. The van der Waals surface area contributed by atoms with E-state index in [0.717, 1.165) is 63.6 Å². The van der Waals surface area contributed by atoms with Crippen LogP contribution in [0.1, 0.15) is 50.8 Å². The zero-order chi connectivity index (χ0) is 19.4. The normalized spacial score (nSPS) is 26.2. The minimum Gasteiger partial charge on any atom is -0.381 e. The summed E-state index contributed by atoms with van der Waals surface area (Å²) < 4.78 is 7.58. The minimum absolute atomic E-state index is 0.266. The molecule has 1 aromatic rings. The fourth-order valence-electron chi connectivity index (χ4n) is 5.20. The predicted molar refractivity (Wildman–Crippen MR) is 109 cm³/mol. The van der Waals surface area contributed by atoms with Crippen LogP contribution in [0.2, 0.25) is 0 Å². The van der Waals surface area contributed by atoms with Crippen LogP contribution < -0.4 is 10.6 Å². The highest BCUT2D eigenvalue weighted by molar-refractivity contribution is 5.80. The quantitative estimate of drug-likeness (QED) is 0.582. The summed E-state index contributed by atoms with van der Waals surface area (Å²) in [5.74, 6) is 2.00. The molecule has 1 unspecified atom stereocenters. The second-order valence-corrected chi connectivity index (χ2v) is 8.52. The Morgan fingerprint density at radius 2 is 2.07 bits per heavy atom. The topological polar surface area (TPSA) is 79.6 Å². The number of piperidine rings is 1. The smallest absolute Gasteiger partial charge is 0.191 e. The van der Waals surface area contributed by atoms with Crippen molar-refractivity contribution in [2.75, 3.05) is 33.8 Å². The van der Waals surface area contributed by atoms with Crippen molar-refractivity contribution in [2.24, 2.45) is 4.99 Å². The fourth-order valence-corrected chi connectivity index (χ4v) is 5.20. The molecule has 0 spiro atoms. The summed E-state index contributed by atoms with van der Waals surface area (Å²) in [7, 11) is 3.71. The van der Waals surface area contributed by atoms with Crippen molar-refractivity contribution < 1.29 is 4.74 Å². The van der Waals surface area contributed by atoms with Crippen molar-refractivity contribution in [3.05, 3.63) is 12.2 Å². The van der Waals surface area contributed by atoms with Gasteiger partial charge in [0.1, 0.15) is 12.2 Å². The molecule has 3 heterocycles. The van der Waals surface area contributed by atoms with Gasteiger partial charge in [0.2, 0.25) is 0 Å². The maximum atomic E-state index is 5.57. The van der Waals surface area contributed by atoms with Crippen LogP contribution in [0.15, 0.2) is 11.3 Å². The van der Waals surface area contributed by atoms with Crippen molar-refractivity contribution in [3.63, 3.8) is 0 Å². The molecule has 2 N–H and O–H groups in total. The molecule has 4 rings (SSSR count). The Balaban J connectivity index is 1.33. The number of ether oxygens (including phenoxy) is 1. The number of hydrogen-bond donors (Lipinski definition) is 2. The highest BCUT2D eigenvalue weighted by atomic mass is 16.5. The Kier molecular flexibility index (Phi) is 6.16. The van der Waals surface area contributed by atoms with Gasteiger partial charge in [0, 0.05) is 51.8 Å². The van der Waals surface area contributed by atoms with Crippen molar-refractivity contribution in [2.45, 2.75) is 75.6 Å². The molecule has 1 saturated heterocycles. The van der Waals surface area contributed by atoms with E-state index in [1.54, 1.807) is 6.33 Å². The lowest BCUT2D eigenvalue weighted by Gasteiger charge is -2.45. The highest BCUT2D eigenvalue weighted by Gasteiger charge is 2.41. The number of aromatic nitrogens is 3. The Morgan fingerprint density at radius 3 is 2.79 bits per heavy atom. The molecule has 1 aromatic heterocycles. The molecule has 8 nitrogen and oxygen atoms in total. The van der Waals surface area contributed by atoms with Crippen LogP contribution in [0.4, 0.5) is 0 Å². The monoisotopic (exact) mass is 389 g/mol. The van der Waals surface area contributed by atoms with E-state index < -0.39 is 0 Å². The minimum atomic E-state index is 0.266. The summed E-state index contributed by atoms with van der Waals surface area (Å²) in [5.41, 5.74) is 0.266. The van der Waals surface area contributed by atoms with Crippen LogP contribution in [0.25, 0.3) is 0 Å². The summed E-state index contributed by atoms with van der Waals surface area (Å²) in [5, 5.41) is 11.6. The molecule has 0 bridgehead atoms. The molecule has 1 aliphatic carbocycles. The van der Waals surface area contributed by atoms with E-state index in [1.807, 2.05) is 18.8 Å². The first-order chi connectivity index (χ1) is 13.7. The molecule has 0 amide bonds. The number of guanidine groups is 1. The van der Waals surface area contributed by atoms with Gasteiger partial charge < -0.3 is 15.4 Å². The van der Waals surface area contributed by atoms with E-state index in [-0.39, 0.29) is 5.54 Å². The van der Waals surface area contributed by atoms with Crippen LogP contribution in [-0.4, -0.2) is 77.1 Å². The average molecular weight is 390 g/mol. The Morgan fingerprint density at radius 1 is 1.29 bits per heavy atom. The molecule has 0 radical (unpaired) electrons. The summed E-state index contributed by atoms with van der Waals surface area (Å²) in [4.78, 5) is 11.5. The maximum Gasteiger partial charge on any atom is 0.191 e. The van der Waals surface area contributed by atoms with Crippen LogP contribution >= 0.6 is 0 Å². The Bertz CT molecular complexity index is 659. The first-order valence-corrected chi connectivity index (χ1v) is 10.8. The van der Waals surface area contributed by atoms with Crippen LogP contribution in [0.5, 0.6) is 0 Å². The van der Waals surface area contributed by atoms with Gasteiger partial charge in [-0.05, 0) is 32.1 Å². The molecule has 0 aromatic carbocycles. The summed E-state index contributed by atoms with van der Waals surface area (Å²) in [6.45, 7) is 4.10. The van der Waals surface area contributed by atoms with Gasteiger partial charge in [0.05, 0.1) is 12.6 Å². The fraction of sp³-hybridized carbons (Fsp3) is 0.850. The number of rotatable bonds is 5. The summed E-state index contributed by atoms with van der Waals surface area (Å²) in [6.07, 6.45) is 11.6. The molecule has 8 heteroatoms. The second-order valence-electron chi connectivity index (χ2n) is 8.52. The summed E-state index contributed by atoms with van der Waals surface area (Å²) in [6, 6.07) is 0.345. The van der Waals surface area contributed by atoms with E-state index in [2.05, 4.69) is 30.6 Å². The number of nitrogens with one attached hydrogen (secondary N) is 2. The molecule has 3 aliphatic rings. The number of aliphatic imine (C=N–C) groups is 1. The van der Waals surface area contributed by atoms with Gasteiger partial charge in [-0.3, -0.25) is 9.89 Å². The van der Waals surface area contributed by atoms with E-state index in [9.17, 15) is 0 Å². The Labute approximate surface area is 168 Å². The van der Waals surface area contributed by atoms with E-state index in [4.69, 9.17) is 4.74 Å². The summed E-state index contributed by atoms with van der Waals surface area (Å²) >= 11 is 0. The van der Waals surface area contributed by atoms with Crippen molar-refractivity contribution in [1.29, 1.82) is 0 Å². The van der Waals surface area contributed by atoms with Crippen molar-refractivity contribution in [3.8, 4) is 0 Å². The number of methoxy groups -OCH3 is 1. The van der Waals surface area contributed by atoms with Gasteiger partial charge in [-0.2, -0.15) is 5.10 Å². The van der Waals surface area contributed by atoms with E-state index in [1.165, 1.54) is 25.7 Å². The van der Waals surface area contributed by atoms with Crippen molar-refractivity contribution in [1.82, 2.24) is 30.3 Å². The van der Waals surface area contributed by atoms with E-state index in [0.29, 0.717) is 12.1 Å². The standard InChI is InChI=1S/C20H35N7O/c1-21-19(25-16-5-6-18-23-15-24-27(18)13-16)22-14-20(9-3-4-10-20)26-11-7-17(28-2)8-12-26/h15-17H,3-14H2,1-2H3,(H2,21,22,25). The maximum absolute atomic E-state index is 5.57. The van der Waals surface area contributed by atoms with Gasteiger partial charge in [-0.1, -0.05) is 12.8 Å². The third-order valence-electron chi connectivity index (χ3n) is 6.94. The van der Waals surface area contributed by atoms with Crippen LogP contribution in [0, 0.1) is 0 Å². The average Bonchev–Trinajstić information content (AvgIpc) is 3.41. The SMILES string of the molecule is CN=C(NCC1(N2CCC(OC)CC2)CCCC1)NC1CCc2ncnn2C1. The van der Waals surface area contributed by atoms with Gasteiger partial charge in [-0.25, -0.2) is 9.67 Å². The van der Waals surface area contributed by atoms with Crippen LogP contribution in [0.3, 0.4) is 0 Å². The molecule has 2 aliphatic heterocycles. The van der Waals surface area contributed by atoms with E-state index >= 15 is 0 Å². The first-order valence-electron chi connectivity index (χ1n) is 10.8. The van der Waals surface area contributed by atoms with Gasteiger partial charge in [-0.15, -0.1) is 0 Å². The molecular formula is C20H35N7O. The van der Waals surface area contributed by atoms with Gasteiger partial charge >= 0.3 is 0 Å². The second kappa shape index (κ2) is 8.78. The lowest BCUT2D eigenvalue weighted by atomic mass is 9.91. The zero-order valence-corrected chi connectivity index (χ0v) is 17.4. The highest BCUT2D eigenvalue weighted by Crippen LogP contribution is 2.36. The number of fused-ring (bicyclic) bond motifs is 1. The molecule has 1 saturated carbocycles. The van der Waals surface area contributed by atoms with Gasteiger partial charge in [0.15, 0.2) is 5.96 Å². The third kappa shape index (κ3) is 4.17. The molecular weight excluding hydrogens is 354 g/mol. The molecule has 28 heavy (non-hydrogen) atoms. The number of hydrogen-bond acceptors (Lipinski definition) is 5. The predicted octanol–water partition coefficient (Wildman–Crippen LogP) is 1.18. The number of aryl methyl sites for hydroxylation is 1.